The van der Waals surface area contributed by atoms with Crippen LogP contribution in [0.3, 0.4) is 0 Å². The maximum atomic E-state index is 6.25. The van der Waals surface area contributed by atoms with Crippen molar-refractivity contribution < 1.29 is 4.74 Å². The minimum Gasteiger partial charge on any atom is -0.492 e. The third-order valence-corrected chi connectivity index (χ3v) is 4.31. The Hall–Kier alpha value is -1.19. The van der Waals surface area contributed by atoms with Crippen molar-refractivity contribution in [2.45, 2.75) is 32.7 Å². The van der Waals surface area contributed by atoms with Gasteiger partial charge in [-0.2, -0.15) is 0 Å². The summed E-state index contributed by atoms with van der Waals surface area (Å²) in [6, 6.07) is 10.5. The van der Waals surface area contributed by atoms with Crippen LogP contribution in [0, 0.1) is 0 Å². The third kappa shape index (κ3) is 3.90. The molecular weight excluding hydrogens is 290 g/mol. The summed E-state index contributed by atoms with van der Waals surface area (Å²) in [5, 5.41) is 6.29. The number of nitrogens with one attached hydrogen (secondary N) is 1. The van der Waals surface area contributed by atoms with Crippen LogP contribution in [-0.2, 0) is 0 Å². The van der Waals surface area contributed by atoms with Gasteiger partial charge in [0.2, 0.25) is 0 Å². The SMILES string of the molecule is CCCOc1ccc(NC(CC)c2cccs2)cc1Cl. The fourth-order valence-corrected chi connectivity index (χ4v) is 3.08. The van der Waals surface area contributed by atoms with Gasteiger partial charge in [0, 0.05) is 10.6 Å². The van der Waals surface area contributed by atoms with Crippen LogP contribution in [0.2, 0.25) is 5.02 Å². The topological polar surface area (TPSA) is 21.3 Å². The summed E-state index contributed by atoms with van der Waals surface area (Å²) in [7, 11) is 0. The van der Waals surface area contributed by atoms with E-state index in [2.05, 4.69) is 36.7 Å². The van der Waals surface area contributed by atoms with E-state index in [1.54, 1.807) is 11.3 Å². The predicted octanol–water partition coefficient (Wildman–Crippen LogP) is 5.75. The maximum Gasteiger partial charge on any atom is 0.138 e. The van der Waals surface area contributed by atoms with Gasteiger partial charge < -0.3 is 10.1 Å². The molecule has 1 aromatic carbocycles. The Morgan fingerprint density at radius 3 is 2.75 bits per heavy atom. The van der Waals surface area contributed by atoms with Crippen molar-refractivity contribution in [3.05, 3.63) is 45.6 Å². The van der Waals surface area contributed by atoms with Crippen LogP contribution in [0.4, 0.5) is 5.69 Å². The Kier molecular flexibility index (Phi) is 5.74. The van der Waals surface area contributed by atoms with Crippen LogP contribution in [0.1, 0.15) is 37.6 Å². The van der Waals surface area contributed by atoms with E-state index in [4.69, 9.17) is 16.3 Å². The van der Waals surface area contributed by atoms with Gasteiger partial charge in [0.15, 0.2) is 0 Å². The van der Waals surface area contributed by atoms with Crippen molar-refractivity contribution in [2.24, 2.45) is 0 Å². The van der Waals surface area contributed by atoms with E-state index in [0.29, 0.717) is 17.7 Å². The van der Waals surface area contributed by atoms with Crippen molar-refractivity contribution in [3.63, 3.8) is 0 Å². The lowest BCUT2D eigenvalue weighted by atomic mass is 10.1. The summed E-state index contributed by atoms with van der Waals surface area (Å²) in [5.41, 5.74) is 1.03. The number of thiophene rings is 1. The van der Waals surface area contributed by atoms with Gasteiger partial charge in [-0.1, -0.05) is 31.5 Å². The number of anilines is 1. The highest BCUT2D eigenvalue weighted by Gasteiger charge is 2.11. The fourth-order valence-electron chi connectivity index (χ4n) is 1.98. The van der Waals surface area contributed by atoms with Gasteiger partial charge in [-0.25, -0.2) is 0 Å². The summed E-state index contributed by atoms with van der Waals surface area (Å²) < 4.78 is 5.59. The molecule has 0 amide bonds. The lowest BCUT2D eigenvalue weighted by Gasteiger charge is -2.18. The first-order valence-corrected chi connectivity index (χ1v) is 8.22. The summed E-state index contributed by atoms with van der Waals surface area (Å²) in [6.07, 6.45) is 2.01. The molecular formula is C16H20ClNOS. The van der Waals surface area contributed by atoms with Gasteiger partial charge in [0.05, 0.1) is 17.7 Å². The first kappa shape index (κ1) is 15.2. The van der Waals surface area contributed by atoms with E-state index in [-0.39, 0.29) is 0 Å². The van der Waals surface area contributed by atoms with E-state index in [1.807, 2.05) is 18.2 Å². The van der Waals surface area contributed by atoms with Gasteiger partial charge in [-0.05, 0) is 42.5 Å². The first-order chi connectivity index (χ1) is 9.74. The molecule has 0 saturated heterocycles. The molecule has 108 valence electrons. The summed E-state index contributed by atoms with van der Waals surface area (Å²) in [6.45, 7) is 4.95. The Labute approximate surface area is 129 Å². The molecule has 1 aromatic heterocycles. The van der Waals surface area contributed by atoms with Crippen molar-refractivity contribution in [1.82, 2.24) is 0 Å². The second kappa shape index (κ2) is 7.55. The third-order valence-electron chi connectivity index (χ3n) is 3.03. The van der Waals surface area contributed by atoms with Crippen molar-refractivity contribution >= 4 is 28.6 Å². The number of hydrogen-bond donors (Lipinski definition) is 1. The van der Waals surface area contributed by atoms with Crippen molar-refractivity contribution in [3.8, 4) is 5.75 Å². The molecule has 1 N–H and O–H groups in total. The van der Waals surface area contributed by atoms with Crippen LogP contribution in [0.25, 0.3) is 0 Å². The van der Waals surface area contributed by atoms with E-state index < -0.39 is 0 Å². The molecule has 1 atom stereocenters. The zero-order valence-corrected chi connectivity index (χ0v) is 13.4. The van der Waals surface area contributed by atoms with E-state index in [1.165, 1.54) is 4.88 Å². The molecule has 2 aromatic rings. The molecule has 2 rings (SSSR count). The number of rotatable bonds is 7. The molecule has 0 aliphatic rings. The average Bonchev–Trinajstić information content (AvgIpc) is 2.98. The number of halogens is 1. The molecule has 0 saturated carbocycles. The van der Waals surface area contributed by atoms with Crippen LogP contribution >= 0.6 is 22.9 Å². The molecule has 20 heavy (non-hydrogen) atoms. The predicted molar refractivity (Wildman–Crippen MR) is 88.2 cm³/mol. The standard InChI is InChI=1S/C16H20ClNOS/c1-3-9-19-15-8-7-12(11-13(15)17)18-14(4-2)16-6-5-10-20-16/h5-8,10-11,14,18H,3-4,9H2,1-2H3. The molecule has 4 heteroatoms. The highest BCUT2D eigenvalue weighted by atomic mass is 35.5. The first-order valence-electron chi connectivity index (χ1n) is 6.96. The molecule has 0 radical (unpaired) electrons. The molecule has 1 heterocycles. The Bertz CT molecular complexity index is 527. The Morgan fingerprint density at radius 2 is 2.15 bits per heavy atom. The number of hydrogen-bond acceptors (Lipinski definition) is 3. The van der Waals surface area contributed by atoms with Crippen LogP contribution in [0.5, 0.6) is 5.75 Å². The molecule has 0 aliphatic heterocycles. The largest absolute Gasteiger partial charge is 0.492 e. The van der Waals surface area contributed by atoms with Gasteiger partial charge in [0.1, 0.15) is 5.75 Å². The second-order valence-electron chi connectivity index (χ2n) is 4.61. The normalized spacial score (nSPS) is 12.2. The summed E-state index contributed by atoms with van der Waals surface area (Å²) >= 11 is 8.03. The minimum atomic E-state index is 0.327. The molecule has 0 aliphatic carbocycles. The van der Waals surface area contributed by atoms with Gasteiger partial charge in [0.25, 0.3) is 0 Å². The number of ether oxygens (including phenoxy) is 1. The molecule has 0 spiro atoms. The van der Waals surface area contributed by atoms with Crippen molar-refractivity contribution in [1.29, 1.82) is 0 Å². The van der Waals surface area contributed by atoms with E-state index in [0.717, 1.165) is 24.3 Å². The lowest BCUT2D eigenvalue weighted by molar-refractivity contribution is 0.317. The average molecular weight is 310 g/mol. The molecule has 0 bridgehead atoms. The van der Waals surface area contributed by atoms with Crippen LogP contribution < -0.4 is 10.1 Å². The van der Waals surface area contributed by atoms with Crippen molar-refractivity contribution in [2.75, 3.05) is 11.9 Å². The monoisotopic (exact) mass is 309 g/mol. The van der Waals surface area contributed by atoms with Gasteiger partial charge in [-0.3, -0.25) is 0 Å². The zero-order valence-electron chi connectivity index (χ0n) is 11.9. The lowest BCUT2D eigenvalue weighted by Crippen LogP contribution is -2.08. The minimum absolute atomic E-state index is 0.327. The highest BCUT2D eigenvalue weighted by molar-refractivity contribution is 7.10. The molecule has 0 fully saturated rings. The summed E-state index contributed by atoms with van der Waals surface area (Å²) in [5.74, 6) is 0.753. The summed E-state index contributed by atoms with van der Waals surface area (Å²) in [4.78, 5) is 1.34. The number of benzene rings is 1. The van der Waals surface area contributed by atoms with Gasteiger partial charge >= 0.3 is 0 Å². The quantitative estimate of drug-likeness (QED) is 0.702. The van der Waals surface area contributed by atoms with E-state index in [9.17, 15) is 0 Å². The maximum absolute atomic E-state index is 6.25. The Morgan fingerprint density at radius 1 is 1.30 bits per heavy atom. The zero-order chi connectivity index (χ0) is 14.4. The van der Waals surface area contributed by atoms with E-state index >= 15 is 0 Å². The Balaban J connectivity index is 2.07. The molecule has 2 nitrogen and oxygen atoms in total. The van der Waals surface area contributed by atoms with Crippen LogP contribution in [0.15, 0.2) is 35.7 Å². The van der Waals surface area contributed by atoms with Crippen LogP contribution in [-0.4, -0.2) is 6.61 Å². The molecule has 1 unspecified atom stereocenters. The smallest absolute Gasteiger partial charge is 0.138 e. The second-order valence-corrected chi connectivity index (χ2v) is 6.00. The fraction of sp³-hybridized carbons (Fsp3) is 0.375. The highest BCUT2D eigenvalue weighted by Crippen LogP contribution is 2.31. The van der Waals surface area contributed by atoms with Gasteiger partial charge in [-0.15, -0.1) is 11.3 Å².